The van der Waals surface area contributed by atoms with E-state index in [1.165, 1.54) is 26.6 Å². The summed E-state index contributed by atoms with van der Waals surface area (Å²) in [5.41, 5.74) is 0.931. The molecule has 0 amide bonds. The van der Waals surface area contributed by atoms with Crippen LogP contribution < -0.4 is 32.1 Å². The predicted molar refractivity (Wildman–Crippen MR) is 104 cm³/mol. The smallest absolute Gasteiger partial charge is 1.00 e. The molecule has 0 saturated carbocycles. The summed E-state index contributed by atoms with van der Waals surface area (Å²) < 4.78 is 9.94. The van der Waals surface area contributed by atoms with Crippen LogP contribution in [0.15, 0.2) is 46.4 Å². The van der Waals surface area contributed by atoms with Gasteiger partial charge in [-0.05, 0) is 23.3 Å². The van der Waals surface area contributed by atoms with Gasteiger partial charge in [0, 0.05) is 12.4 Å². The van der Waals surface area contributed by atoms with Gasteiger partial charge < -0.3 is 54.0 Å². The maximum absolute atomic E-state index is 11.9. The molecule has 0 saturated heterocycles. The van der Waals surface area contributed by atoms with Crippen LogP contribution in [-0.2, 0) is 17.1 Å². The summed E-state index contributed by atoms with van der Waals surface area (Å²) in [6, 6.07) is 10.0. The van der Waals surface area contributed by atoms with E-state index in [0.29, 0.717) is 24.2 Å². The normalized spacial score (nSPS) is 9.00. The van der Waals surface area contributed by atoms with Gasteiger partial charge in [-0.15, -0.1) is 0 Å². The summed E-state index contributed by atoms with van der Waals surface area (Å²) in [6.07, 6.45) is 3.01. The zero-order valence-electron chi connectivity index (χ0n) is 16.3. The molecule has 30 heavy (non-hydrogen) atoms. The van der Waals surface area contributed by atoms with E-state index in [4.69, 9.17) is 9.47 Å². The minimum Gasteiger partial charge on any atom is -1.00 e. The molecule has 2 aromatic carbocycles. The van der Waals surface area contributed by atoms with E-state index in [1.807, 2.05) is 0 Å². The SMILES string of the molecule is COc1cccc(C=NCCN=Cc2cccc(OC)c2[O-])c1[O-].O.O.O.O.[Cl-].[Mn+3]. The monoisotopic (exact) mass is 488 g/mol. The van der Waals surface area contributed by atoms with E-state index in [1.54, 1.807) is 36.4 Å². The van der Waals surface area contributed by atoms with E-state index in [0.717, 1.165) is 0 Å². The standard InChI is InChI=1S/C18H20N2O4.ClH.Mn.4H2O/c1-23-15-7-3-5-13(17(15)21)11-19-9-10-20-12-14-6-4-8-16(24-2)18(14)22;;;;;;/h3-8,11-12,21-22H,9-10H2,1-2H3;1H;;4*1H2/q;;+3;;;;/p-3. The molecule has 12 heteroatoms. The average Bonchev–Trinajstić information content (AvgIpc) is 2.60. The van der Waals surface area contributed by atoms with Crippen molar-refractivity contribution in [3.63, 3.8) is 0 Å². The first kappa shape index (κ1) is 38.3. The minimum atomic E-state index is -0.195. The number of para-hydroxylation sites is 2. The summed E-state index contributed by atoms with van der Waals surface area (Å²) in [5.74, 6) is 0.190. The van der Waals surface area contributed by atoms with Crippen molar-refractivity contribution < 1.29 is 71.1 Å². The van der Waals surface area contributed by atoms with Crippen molar-refractivity contribution in [3.05, 3.63) is 47.5 Å². The molecule has 2 aromatic rings. The second-order valence-corrected chi connectivity index (χ2v) is 4.83. The van der Waals surface area contributed by atoms with Crippen molar-refractivity contribution in [1.82, 2.24) is 0 Å². The molecule has 0 fully saturated rings. The molecule has 0 aliphatic carbocycles. The fourth-order valence-corrected chi connectivity index (χ4v) is 2.03. The Hall–Kier alpha value is -2.37. The first-order chi connectivity index (χ1) is 11.7. The number of benzene rings is 2. The van der Waals surface area contributed by atoms with E-state index in [-0.39, 0.29) is 74.4 Å². The molecule has 0 aliphatic rings. The van der Waals surface area contributed by atoms with Crippen LogP contribution in [0.4, 0.5) is 0 Å². The van der Waals surface area contributed by atoms with Crippen LogP contribution in [0.1, 0.15) is 11.1 Å². The Bertz CT molecular complexity index is 699. The van der Waals surface area contributed by atoms with Crippen LogP contribution in [-0.4, -0.2) is 61.6 Å². The number of halogens is 1. The first-order valence-electron chi connectivity index (χ1n) is 7.35. The fraction of sp³-hybridized carbons (Fsp3) is 0.222. The molecule has 0 spiro atoms. The van der Waals surface area contributed by atoms with Crippen LogP contribution in [0.2, 0.25) is 0 Å². The Morgan fingerprint density at radius 1 is 0.733 bits per heavy atom. The zero-order valence-corrected chi connectivity index (χ0v) is 18.3. The summed E-state index contributed by atoms with van der Waals surface area (Å²) in [5, 5.41) is 23.8. The Morgan fingerprint density at radius 2 is 1.07 bits per heavy atom. The molecule has 2 rings (SSSR count). The van der Waals surface area contributed by atoms with Crippen molar-refractivity contribution in [1.29, 1.82) is 0 Å². The summed E-state index contributed by atoms with van der Waals surface area (Å²) in [4.78, 5) is 8.34. The number of nitrogens with zero attached hydrogens (tertiary/aromatic N) is 2. The average molecular weight is 489 g/mol. The van der Waals surface area contributed by atoms with Crippen LogP contribution in [0, 0.1) is 0 Å². The first-order valence-corrected chi connectivity index (χ1v) is 7.35. The molecule has 0 unspecified atom stereocenters. The van der Waals surface area contributed by atoms with Gasteiger partial charge >= 0.3 is 17.1 Å². The number of rotatable bonds is 7. The summed E-state index contributed by atoms with van der Waals surface area (Å²) in [6.45, 7) is 0.816. The number of hydrogen-bond acceptors (Lipinski definition) is 6. The van der Waals surface area contributed by atoms with E-state index >= 15 is 0 Å². The molecule has 0 atom stereocenters. The van der Waals surface area contributed by atoms with E-state index in [2.05, 4.69) is 9.98 Å². The Labute approximate surface area is 191 Å². The van der Waals surface area contributed by atoms with Crippen LogP contribution in [0.5, 0.6) is 23.0 Å². The second kappa shape index (κ2) is 19.9. The van der Waals surface area contributed by atoms with Gasteiger partial charge in [-0.25, -0.2) is 0 Å². The van der Waals surface area contributed by atoms with Gasteiger partial charge in [-0.1, -0.05) is 35.8 Å². The zero-order chi connectivity index (χ0) is 17.4. The van der Waals surface area contributed by atoms with Gasteiger partial charge in [-0.2, -0.15) is 0 Å². The minimum absolute atomic E-state index is 0. The molecular formula is C18H26ClMnN2O8. The Balaban J connectivity index is -0.000000347. The maximum atomic E-state index is 11.9. The largest absolute Gasteiger partial charge is 3.00 e. The van der Waals surface area contributed by atoms with Crippen molar-refractivity contribution in [2.45, 2.75) is 0 Å². The molecule has 0 aliphatic heterocycles. The van der Waals surface area contributed by atoms with Gasteiger partial charge in [0.05, 0.1) is 27.3 Å². The molecule has 0 heterocycles. The van der Waals surface area contributed by atoms with Gasteiger partial charge in [0.25, 0.3) is 0 Å². The predicted octanol–water partition coefficient (Wildman–Crippen LogP) is -4.91. The third-order valence-electron chi connectivity index (χ3n) is 3.28. The van der Waals surface area contributed by atoms with Crippen LogP contribution >= 0.6 is 0 Å². The van der Waals surface area contributed by atoms with Crippen molar-refractivity contribution in [2.24, 2.45) is 9.98 Å². The fourth-order valence-electron chi connectivity index (χ4n) is 2.03. The molecule has 8 N–H and O–H groups in total. The number of aliphatic imine (C=N–C) groups is 2. The Morgan fingerprint density at radius 3 is 1.37 bits per heavy atom. The number of methoxy groups -OCH3 is 2. The van der Waals surface area contributed by atoms with Crippen molar-refractivity contribution >= 4 is 12.4 Å². The number of hydrogen-bond donors (Lipinski definition) is 0. The molecule has 10 nitrogen and oxygen atoms in total. The van der Waals surface area contributed by atoms with Gasteiger partial charge in [0.1, 0.15) is 11.5 Å². The third kappa shape index (κ3) is 10.4. The van der Waals surface area contributed by atoms with Crippen molar-refractivity contribution in [2.75, 3.05) is 27.3 Å². The molecule has 170 valence electrons. The van der Waals surface area contributed by atoms with E-state index in [9.17, 15) is 10.2 Å². The van der Waals surface area contributed by atoms with E-state index < -0.39 is 0 Å². The summed E-state index contributed by atoms with van der Waals surface area (Å²) >= 11 is 0. The number of ether oxygens (including phenoxy) is 2. The van der Waals surface area contributed by atoms with Gasteiger partial charge in [-0.3, -0.25) is 9.98 Å². The maximum Gasteiger partial charge on any atom is 3.00 e. The van der Waals surface area contributed by atoms with Gasteiger partial charge in [0.15, 0.2) is 0 Å². The van der Waals surface area contributed by atoms with Crippen molar-refractivity contribution in [3.8, 4) is 23.0 Å². The quantitative estimate of drug-likeness (QED) is 0.212. The van der Waals surface area contributed by atoms with Crippen LogP contribution in [0.25, 0.3) is 0 Å². The molecular weight excluding hydrogens is 463 g/mol. The second-order valence-electron chi connectivity index (χ2n) is 4.83. The molecule has 0 bridgehead atoms. The van der Waals surface area contributed by atoms with Crippen LogP contribution in [0.3, 0.4) is 0 Å². The molecule has 0 radical (unpaired) electrons. The topological polar surface area (TPSA) is 215 Å². The third-order valence-corrected chi connectivity index (χ3v) is 3.28. The van der Waals surface area contributed by atoms with Gasteiger partial charge in [0.2, 0.25) is 0 Å². The Kier molecular flexibility index (Phi) is 25.4. The summed E-state index contributed by atoms with van der Waals surface area (Å²) in [7, 11) is 2.91. The molecule has 0 aromatic heterocycles.